The Morgan fingerprint density at radius 2 is 2.07 bits per heavy atom. The van der Waals surface area contributed by atoms with E-state index in [0.717, 1.165) is 23.9 Å². The predicted molar refractivity (Wildman–Crippen MR) is 60.4 cm³/mol. The van der Waals surface area contributed by atoms with Gasteiger partial charge in [0.2, 0.25) is 0 Å². The summed E-state index contributed by atoms with van der Waals surface area (Å²) in [5, 5.41) is 7.29. The number of rotatable bonds is 3. The molecule has 0 aromatic carbocycles. The van der Waals surface area contributed by atoms with Gasteiger partial charge in [-0.15, -0.1) is 0 Å². The van der Waals surface area contributed by atoms with E-state index in [-0.39, 0.29) is 0 Å². The van der Waals surface area contributed by atoms with Crippen molar-refractivity contribution >= 4 is 0 Å². The van der Waals surface area contributed by atoms with Crippen LogP contribution in [-0.2, 0) is 0 Å². The predicted octanol–water partition coefficient (Wildman–Crippen LogP) is 1.76. The molecule has 1 saturated carbocycles. The largest absolute Gasteiger partial charge is 0.316 e. The van der Waals surface area contributed by atoms with Crippen molar-refractivity contribution in [2.75, 3.05) is 13.1 Å². The molecule has 0 spiro atoms. The lowest BCUT2D eigenvalue weighted by molar-refractivity contribution is 0.193. The topological polar surface area (TPSA) is 24.1 Å². The molecule has 0 amide bonds. The molecule has 1 heterocycles. The average molecular weight is 196 g/mol. The second-order valence-corrected chi connectivity index (χ2v) is 5.22. The molecule has 2 nitrogen and oxygen atoms in total. The van der Waals surface area contributed by atoms with Crippen LogP contribution >= 0.6 is 0 Å². The fraction of sp³-hybridized carbons (Fsp3) is 1.00. The molecule has 14 heavy (non-hydrogen) atoms. The van der Waals surface area contributed by atoms with Gasteiger partial charge < -0.3 is 10.6 Å². The Kier molecular flexibility index (Phi) is 3.45. The van der Waals surface area contributed by atoms with Gasteiger partial charge >= 0.3 is 0 Å². The molecule has 2 fully saturated rings. The van der Waals surface area contributed by atoms with E-state index in [9.17, 15) is 0 Å². The number of hydrogen-bond acceptors (Lipinski definition) is 2. The van der Waals surface area contributed by atoms with Crippen molar-refractivity contribution in [2.24, 2.45) is 11.8 Å². The van der Waals surface area contributed by atoms with E-state index in [1.807, 2.05) is 0 Å². The molecule has 0 aromatic heterocycles. The first-order valence-electron chi connectivity index (χ1n) is 6.24. The standard InChI is InChI=1S/C12H24N2/c1-9-8-13-7-6-12(9)14-10(2)11-4-3-5-11/h9-14H,3-8H2,1-2H3. The first-order chi connectivity index (χ1) is 6.77. The third-order valence-corrected chi connectivity index (χ3v) is 4.12. The van der Waals surface area contributed by atoms with Crippen molar-refractivity contribution in [1.29, 1.82) is 0 Å². The van der Waals surface area contributed by atoms with Gasteiger partial charge in [-0.25, -0.2) is 0 Å². The quantitative estimate of drug-likeness (QED) is 0.719. The van der Waals surface area contributed by atoms with Crippen LogP contribution in [0.25, 0.3) is 0 Å². The van der Waals surface area contributed by atoms with Crippen molar-refractivity contribution in [3.63, 3.8) is 0 Å². The Morgan fingerprint density at radius 1 is 1.29 bits per heavy atom. The van der Waals surface area contributed by atoms with E-state index < -0.39 is 0 Å². The number of nitrogens with one attached hydrogen (secondary N) is 2. The van der Waals surface area contributed by atoms with Crippen LogP contribution in [0.15, 0.2) is 0 Å². The number of piperidine rings is 1. The Balaban J connectivity index is 1.76. The summed E-state index contributed by atoms with van der Waals surface area (Å²) in [6.45, 7) is 7.12. The van der Waals surface area contributed by atoms with Crippen molar-refractivity contribution < 1.29 is 0 Å². The third kappa shape index (κ3) is 2.29. The molecule has 1 aliphatic heterocycles. The van der Waals surface area contributed by atoms with Crippen LogP contribution in [0.3, 0.4) is 0 Å². The van der Waals surface area contributed by atoms with Crippen LogP contribution in [0.2, 0.25) is 0 Å². The normalized spacial score (nSPS) is 36.4. The van der Waals surface area contributed by atoms with Crippen molar-refractivity contribution in [3.8, 4) is 0 Å². The summed E-state index contributed by atoms with van der Waals surface area (Å²) in [6.07, 6.45) is 5.66. The van der Waals surface area contributed by atoms with Gasteiger partial charge in [0.05, 0.1) is 0 Å². The van der Waals surface area contributed by atoms with Gasteiger partial charge in [0.1, 0.15) is 0 Å². The lowest BCUT2D eigenvalue weighted by atomic mass is 9.79. The lowest BCUT2D eigenvalue weighted by Crippen LogP contribution is -2.51. The molecule has 1 aliphatic carbocycles. The molecular formula is C12H24N2. The van der Waals surface area contributed by atoms with E-state index >= 15 is 0 Å². The Bertz CT molecular complexity index is 177. The van der Waals surface area contributed by atoms with Crippen LogP contribution in [0.5, 0.6) is 0 Å². The zero-order chi connectivity index (χ0) is 9.97. The highest BCUT2D eigenvalue weighted by Crippen LogP contribution is 2.30. The highest BCUT2D eigenvalue weighted by Gasteiger charge is 2.28. The molecule has 0 radical (unpaired) electrons. The first kappa shape index (κ1) is 10.4. The monoisotopic (exact) mass is 196 g/mol. The fourth-order valence-electron chi connectivity index (χ4n) is 2.68. The summed E-state index contributed by atoms with van der Waals surface area (Å²) >= 11 is 0. The van der Waals surface area contributed by atoms with Crippen molar-refractivity contribution in [2.45, 2.75) is 51.6 Å². The minimum Gasteiger partial charge on any atom is -0.316 e. The van der Waals surface area contributed by atoms with E-state index in [0.29, 0.717) is 0 Å². The molecular weight excluding hydrogens is 172 g/mol. The summed E-state index contributed by atoms with van der Waals surface area (Å²) in [5.41, 5.74) is 0. The van der Waals surface area contributed by atoms with Crippen LogP contribution in [0.1, 0.15) is 39.5 Å². The Labute approximate surface area is 87.8 Å². The maximum atomic E-state index is 3.83. The molecule has 2 N–H and O–H groups in total. The van der Waals surface area contributed by atoms with Gasteiger partial charge in [-0.05, 0) is 51.1 Å². The highest BCUT2D eigenvalue weighted by molar-refractivity contribution is 4.86. The highest BCUT2D eigenvalue weighted by atomic mass is 15.0. The second-order valence-electron chi connectivity index (χ2n) is 5.22. The van der Waals surface area contributed by atoms with Gasteiger partial charge in [0, 0.05) is 12.1 Å². The maximum Gasteiger partial charge on any atom is 0.0119 e. The van der Waals surface area contributed by atoms with E-state index in [1.54, 1.807) is 0 Å². The van der Waals surface area contributed by atoms with Gasteiger partial charge in [0.25, 0.3) is 0 Å². The fourth-order valence-corrected chi connectivity index (χ4v) is 2.68. The molecule has 2 heteroatoms. The summed E-state index contributed by atoms with van der Waals surface area (Å²) in [6, 6.07) is 1.50. The minimum atomic E-state index is 0.745. The first-order valence-corrected chi connectivity index (χ1v) is 6.24. The molecule has 1 saturated heterocycles. The van der Waals surface area contributed by atoms with Crippen LogP contribution in [0, 0.1) is 11.8 Å². The van der Waals surface area contributed by atoms with Crippen LogP contribution in [-0.4, -0.2) is 25.2 Å². The average Bonchev–Trinajstić information content (AvgIpc) is 2.05. The van der Waals surface area contributed by atoms with Gasteiger partial charge in [-0.3, -0.25) is 0 Å². The van der Waals surface area contributed by atoms with Crippen molar-refractivity contribution in [1.82, 2.24) is 10.6 Å². The van der Waals surface area contributed by atoms with Gasteiger partial charge in [-0.1, -0.05) is 13.3 Å². The molecule has 2 rings (SSSR count). The molecule has 3 atom stereocenters. The molecule has 2 aliphatic rings. The van der Waals surface area contributed by atoms with Crippen LogP contribution < -0.4 is 10.6 Å². The molecule has 0 aromatic rings. The van der Waals surface area contributed by atoms with E-state index in [1.165, 1.54) is 38.8 Å². The van der Waals surface area contributed by atoms with Gasteiger partial charge in [-0.2, -0.15) is 0 Å². The molecule has 82 valence electrons. The smallest absolute Gasteiger partial charge is 0.0119 e. The summed E-state index contributed by atoms with van der Waals surface area (Å²) < 4.78 is 0. The van der Waals surface area contributed by atoms with Crippen molar-refractivity contribution in [3.05, 3.63) is 0 Å². The summed E-state index contributed by atoms with van der Waals surface area (Å²) in [5.74, 6) is 1.77. The second kappa shape index (κ2) is 4.63. The Hall–Kier alpha value is -0.0800. The number of hydrogen-bond donors (Lipinski definition) is 2. The summed E-state index contributed by atoms with van der Waals surface area (Å²) in [4.78, 5) is 0. The van der Waals surface area contributed by atoms with E-state index in [4.69, 9.17) is 0 Å². The maximum absolute atomic E-state index is 3.83. The van der Waals surface area contributed by atoms with Crippen LogP contribution in [0.4, 0.5) is 0 Å². The Morgan fingerprint density at radius 3 is 2.64 bits per heavy atom. The SMILES string of the molecule is CC1CNCCC1NC(C)C1CCC1. The zero-order valence-corrected chi connectivity index (χ0v) is 9.55. The molecule has 3 unspecified atom stereocenters. The zero-order valence-electron chi connectivity index (χ0n) is 9.55. The summed E-state index contributed by atoms with van der Waals surface area (Å²) in [7, 11) is 0. The lowest BCUT2D eigenvalue weighted by Gasteiger charge is -2.38. The third-order valence-electron chi connectivity index (χ3n) is 4.12. The van der Waals surface area contributed by atoms with Gasteiger partial charge in [0.15, 0.2) is 0 Å². The molecule has 0 bridgehead atoms. The van der Waals surface area contributed by atoms with E-state index in [2.05, 4.69) is 24.5 Å². The minimum absolute atomic E-state index is 0.745.